The Morgan fingerprint density at radius 1 is 1.13 bits per heavy atom. The fourth-order valence-corrected chi connectivity index (χ4v) is 2.92. The SMILES string of the molecule is CCOc1cc(=O)c(C(=O)Nc2ccc3c(c2)OCO3)nn1-c1ccc(OC)cc1. The average Bonchev–Trinajstić information content (AvgIpc) is 3.22. The van der Waals surface area contributed by atoms with E-state index in [9.17, 15) is 9.59 Å². The molecule has 1 aromatic heterocycles. The molecule has 2 aromatic carbocycles. The van der Waals surface area contributed by atoms with E-state index in [1.54, 1.807) is 56.5 Å². The summed E-state index contributed by atoms with van der Waals surface area (Å²) in [5.41, 5.74) is 0.236. The summed E-state index contributed by atoms with van der Waals surface area (Å²) in [5, 5.41) is 6.92. The van der Waals surface area contributed by atoms with Crippen LogP contribution in [0.4, 0.5) is 5.69 Å². The first-order valence-corrected chi connectivity index (χ1v) is 9.21. The lowest BCUT2D eigenvalue weighted by atomic mass is 10.2. The molecule has 0 spiro atoms. The molecule has 30 heavy (non-hydrogen) atoms. The molecule has 154 valence electrons. The Balaban J connectivity index is 1.68. The van der Waals surface area contributed by atoms with Gasteiger partial charge in [-0.1, -0.05) is 0 Å². The van der Waals surface area contributed by atoms with Gasteiger partial charge in [-0.25, -0.2) is 4.68 Å². The Morgan fingerprint density at radius 2 is 1.90 bits per heavy atom. The molecule has 0 fully saturated rings. The van der Waals surface area contributed by atoms with Gasteiger partial charge >= 0.3 is 0 Å². The van der Waals surface area contributed by atoms with E-state index in [4.69, 9.17) is 18.9 Å². The first kappa shape index (κ1) is 19.3. The van der Waals surface area contributed by atoms with E-state index in [1.807, 2.05) is 0 Å². The molecule has 1 N–H and O–H groups in total. The summed E-state index contributed by atoms with van der Waals surface area (Å²) in [6.45, 7) is 2.25. The van der Waals surface area contributed by atoms with Crippen LogP contribution in [0.2, 0.25) is 0 Å². The average molecular weight is 409 g/mol. The van der Waals surface area contributed by atoms with Gasteiger partial charge in [-0.15, -0.1) is 0 Å². The van der Waals surface area contributed by atoms with E-state index in [-0.39, 0.29) is 18.4 Å². The van der Waals surface area contributed by atoms with Crippen LogP contribution in [-0.2, 0) is 0 Å². The molecule has 0 aliphatic carbocycles. The molecule has 9 heteroatoms. The highest BCUT2D eigenvalue weighted by Crippen LogP contribution is 2.34. The molecule has 0 saturated heterocycles. The van der Waals surface area contributed by atoms with Crippen molar-refractivity contribution in [2.75, 3.05) is 25.8 Å². The number of nitrogens with one attached hydrogen (secondary N) is 1. The van der Waals surface area contributed by atoms with Crippen molar-refractivity contribution in [1.82, 2.24) is 9.78 Å². The molecule has 0 atom stereocenters. The molecule has 0 radical (unpaired) electrons. The summed E-state index contributed by atoms with van der Waals surface area (Å²) in [6, 6.07) is 13.2. The van der Waals surface area contributed by atoms with E-state index in [0.717, 1.165) is 0 Å². The lowest BCUT2D eigenvalue weighted by Gasteiger charge is -2.14. The van der Waals surface area contributed by atoms with Crippen LogP contribution in [0, 0.1) is 0 Å². The largest absolute Gasteiger partial charge is 0.497 e. The van der Waals surface area contributed by atoms with Crippen molar-refractivity contribution < 1.29 is 23.7 Å². The standard InChI is InChI=1S/C21H19N3O6/c1-3-28-19-11-16(25)20(23-24(19)14-5-7-15(27-2)8-6-14)21(26)22-13-4-9-17-18(10-13)30-12-29-17/h4-11H,3,12H2,1-2H3,(H,22,26). The van der Waals surface area contributed by atoms with Crippen molar-refractivity contribution in [2.24, 2.45) is 0 Å². The van der Waals surface area contributed by atoms with Crippen LogP contribution in [0.15, 0.2) is 53.3 Å². The number of hydrogen-bond donors (Lipinski definition) is 1. The summed E-state index contributed by atoms with van der Waals surface area (Å²) >= 11 is 0. The molecule has 2 heterocycles. The van der Waals surface area contributed by atoms with Gasteiger partial charge in [0.25, 0.3) is 5.91 Å². The Hall–Kier alpha value is -4.01. The quantitative estimate of drug-likeness (QED) is 0.668. The lowest BCUT2D eigenvalue weighted by Crippen LogP contribution is -2.26. The third kappa shape index (κ3) is 3.77. The van der Waals surface area contributed by atoms with E-state index >= 15 is 0 Å². The van der Waals surface area contributed by atoms with Crippen molar-refractivity contribution >= 4 is 11.6 Å². The molecule has 3 aromatic rings. The van der Waals surface area contributed by atoms with Crippen LogP contribution >= 0.6 is 0 Å². The van der Waals surface area contributed by atoms with Gasteiger partial charge in [0, 0.05) is 11.8 Å². The normalized spacial score (nSPS) is 11.8. The lowest BCUT2D eigenvalue weighted by molar-refractivity contribution is 0.101. The first-order chi connectivity index (χ1) is 14.6. The molecule has 1 amide bonds. The highest BCUT2D eigenvalue weighted by Gasteiger charge is 2.19. The number of nitrogens with zero attached hydrogens (tertiary/aromatic N) is 2. The summed E-state index contributed by atoms with van der Waals surface area (Å²) in [7, 11) is 1.57. The second kappa shape index (κ2) is 8.16. The Labute approximate surface area is 171 Å². The van der Waals surface area contributed by atoms with Gasteiger partial charge in [-0.05, 0) is 43.3 Å². The Morgan fingerprint density at radius 3 is 2.63 bits per heavy atom. The van der Waals surface area contributed by atoms with Crippen LogP contribution in [0.1, 0.15) is 17.4 Å². The van der Waals surface area contributed by atoms with E-state index in [2.05, 4.69) is 10.4 Å². The number of rotatable bonds is 6. The van der Waals surface area contributed by atoms with E-state index in [1.165, 1.54) is 10.7 Å². The number of anilines is 1. The predicted molar refractivity (Wildman–Crippen MR) is 108 cm³/mol. The number of aromatic nitrogens is 2. The topological polar surface area (TPSA) is 101 Å². The maximum Gasteiger partial charge on any atom is 0.280 e. The first-order valence-electron chi connectivity index (χ1n) is 9.21. The molecule has 1 aliphatic rings. The molecular formula is C21H19N3O6. The monoisotopic (exact) mass is 409 g/mol. The molecule has 0 bridgehead atoms. The zero-order valence-electron chi connectivity index (χ0n) is 16.4. The smallest absolute Gasteiger partial charge is 0.280 e. The summed E-state index contributed by atoms with van der Waals surface area (Å²) in [4.78, 5) is 25.3. The molecule has 4 rings (SSSR count). The Kier molecular flexibility index (Phi) is 5.25. The number of ether oxygens (including phenoxy) is 4. The number of carbonyl (C=O) groups excluding carboxylic acids is 1. The fraction of sp³-hybridized carbons (Fsp3) is 0.190. The zero-order chi connectivity index (χ0) is 21.1. The zero-order valence-corrected chi connectivity index (χ0v) is 16.4. The highest BCUT2D eigenvalue weighted by molar-refractivity contribution is 6.02. The van der Waals surface area contributed by atoms with Crippen LogP contribution < -0.4 is 29.7 Å². The minimum absolute atomic E-state index is 0.125. The maximum atomic E-state index is 12.8. The second-order valence-electron chi connectivity index (χ2n) is 6.26. The predicted octanol–water partition coefficient (Wildman–Crippen LogP) is 2.62. The minimum Gasteiger partial charge on any atom is -0.497 e. The highest BCUT2D eigenvalue weighted by atomic mass is 16.7. The van der Waals surface area contributed by atoms with Gasteiger partial charge in [0.15, 0.2) is 17.2 Å². The number of hydrogen-bond acceptors (Lipinski definition) is 7. The van der Waals surface area contributed by atoms with Gasteiger partial charge in [0.1, 0.15) is 5.75 Å². The third-order valence-electron chi connectivity index (χ3n) is 4.35. The van der Waals surface area contributed by atoms with E-state index < -0.39 is 11.3 Å². The van der Waals surface area contributed by atoms with Gasteiger partial charge in [-0.2, -0.15) is 5.10 Å². The van der Waals surface area contributed by atoms with Crippen molar-refractivity contribution in [3.8, 4) is 28.8 Å². The van der Waals surface area contributed by atoms with E-state index in [0.29, 0.717) is 35.2 Å². The van der Waals surface area contributed by atoms with Crippen molar-refractivity contribution in [3.05, 3.63) is 64.4 Å². The molecule has 1 aliphatic heterocycles. The number of benzene rings is 2. The van der Waals surface area contributed by atoms with Crippen molar-refractivity contribution in [1.29, 1.82) is 0 Å². The second-order valence-corrected chi connectivity index (χ2v) is 6.26. The Bertz CT molecular complexity index is 1140. The summed E-state index contributed by atoms with van der Waals surface area (Å²) in [6.07, 6.45) is 0. The maximum absolute atomic E-state index is 12.8. The van der Waals surface area contributed by atoms with Gasteiger partial charge in [0.05, 0.1) is 25.5 Å². The van der Waals surface area contributed by atoms with Gasteiger partial charge < -0.3 is 24.3 Å². The number of amides is 1. The van der Waals surface area contributed by atoms with Gasteiger partial charge in [-0.3, -0.25) is 9.59 Å². The number of methoxy groups -OCH3 is 1. The molecule has 9 nitrogen and oxygen atoms in total. The summed E-state index contributed by atoms with van der Waals surface area (Å²) < 4.78 is 22.7. The molecule has 0 saturated carbocycles. The summed E-state index contributed by atoms with van der Waals surface area (Å²) in [5.74, 6) is 1.35. The van der Waals surface area contributed by atoms with Crippen LogP contribution in [0.5, 0.6) is 23.1 Å². The molecular weight excluding hydrogens is 390 g/mol. The minimum atomic E-state index is -0.649. The number of fused-ring (bicyclic) bond motifs is 1. The van der Waals surface area contributed by atoms with Crippen LogP contribution in [0.3, 0.4) is 0 Å². The van der Waals surface area contributed by atoms with Crippen molar-refractivity contribution in [3.63, 3.8) is 0 Å². The molecule has 0 unspecified atom stereocenters. The fourth-order valence-electron chi connectivity index (χ4n) is 2.92. The van der Waals surface area contributed by atoms with Crippen LogP contribution in [-0.4, -0.2) is 36.2 Å². The van der Waals surface area contributed by atoms with Crippen molar-refractivity contribution in [2.45, 2.75) is 6.92 Å². The van der Waals surface area contributed by atoms with Crippen LogP contribution in [0.25, 0.3) is 5.69 Å². The van der Waals surface area contributed by atoms with Gasteiger partial charge in [0.2, 0.25) is 18.1 Å². The number of carbonyl (C=O) groups is 1. The third-order valence-corrected chi connectivity index (χ3v) is 4.35.